The van der Waals surface area contributed by atoms with E-state index < -0.39 is 42.5 Å². The highest BCUT2D eigenvalue weighted by atomic mass is 16.8. The fourth-order valence-corrected chi connectivity index (χ4v) is 3.99. The van der Waals surface area contributed by atoms with Gasteiger partial charge in [0.25, 0.3) is 5.56 Å². The van der Waals surface area contributed by atoms with Crippen molar-refractivity contribution in [2.75, 3.05) is 29.8 Å². The number of H-pyrrole nitrogens is 1. The Morgan fingerprint density at radius 1 is 1.19 bits per heavy atom. The van der Waals surface area contributed by atoms with Gasteiger partial charge >= 0.3 is 5.69 Å². The predicted octanol–water partition coefficient (Wildman–Crippen LogP) is -0.660. The third-order valence-corrected chi connectivity index (χ3v) is 5.69. The minimum absolute atomic E-state index is 0.120. The number of rotatable bonds is 8. The van der Waals surface area contributed by atoms with Gasteiger partial charge < -0.3 is 25.0 Å². The Bertz CT molecular complexity index is 1040. The highest BCUT2D eigenvalue weighted by Gasteiger charge is 2.46. The highest BCUT2D eigenvalue weighted by molar-refractivity contribution is 5.70. The predicted molar refractivity (Wildman–Crippen MR) is 115 cm³/mol. The molecule has 4 N–H and O–H groups in total. The van der Waals surface area contributed by atoms with Crippen molar-refractivity contribution >= 4 is 11.5 Å². The summed E-state index contributed by atoms with van der Waals surface area (Å²) in [6, 6.07) is 9.41. The second kappa shape index (κ2) is 9.43. The first-order valence-electron chi connectivity index (χ1n) is 10.7. The average Bonchev–Trinajstić information content (AvgIpc) is 3.28. The van der Waals surface area contributed by atoms with Gasteiger partial charge in [-0.1, -0.05) is 43.7 Å². The lowest BCUT2D eigenvalue weighted by Gasteiger charge is -2.24. The average molecular weight is 448 g/mol. The van der Waals surface area contributed by atoms with E-state index >= 15 is 0 Å². The first kappa shape index (κ1) is 22.5. The number of aromatic nitrogens is 2. The Morgan fingerprint density at radius 3 is 2.59 bits per heavy atom. The Morgan fingerprint density at radius 2 is 1.94 bits per heavy atom. The van der Waals surface area contributed by atoms with E-state index in [2.05, 4.69) is 4.98 Å². The molecule has 4 rings (SSSR count). The summed E-state index contributed by atoms with van der Waals surface area (Å²) < 4.78 is 6.89. The molecule has 3 heterocycles. The van der Waals surface area contributed by atoms with Gasteiger partial charge in [-0.15, -0.1) is 0 Å². The van der Waals surface area contributed by atoms with E-state index in [1.54, 1.807) is 0 Å². The summed E-state index contributed by atoms with van der Waals surface area (Å²) in [5.74, 6) is 0.419. The molecule has 32 heavy (non-hydrogen) atoms. The normalized spacial score (nSPS) is 24.9. The van der Waals surface area contributed by atoms with Crippen LogP contribution in [0.2, 0.25) is 0 Å². The summed E-state index contributed by atoms with van der Waals surface area (Å²) in [5.41, 5.74) is -0.148. The molecule has 0 bridgehead atoms. The van der Waals surface area contributed by atoms with Crippen LogP contribution in [0.25, 0.3) is 0 Å². The standard InChI is InChI=1S/C21H28N4O7/c1-2-3-9-23-12-25(32-20-17(28)16(27)14(11-26)31-20)15-18(29)22-21(30)24(19(15)23)10-13-7-5-4-6-8-13/h4-8,14,16-17,20,26-28H,2-3,9-12H2,1H3,(H,22,29,30)/t14-,16-,17-,20-/m1/s1. The number of aliphatic hydroxyl groups is 3. The van der Waals surface area contributed by atoms with Crippen LogP contribution in [0, 0.1) is 0 Å². The summed E-state index contributed by atoms with van der Waals surface area (Å²) in [4.78, 5) is 35.5. The van der Waals surface area contributed by atoms with Crippen molar-refractivity contribution in [2.45, 2.75) is 50.9 Å². The van der Waals surface area contributed by atoms with Crippen molar-refractivity contribution in [1.29, 1.82) is 0 Å². The third kappa shape index (κ3) is 4.17. The topological polar surface area (TPSA) is 140 Å². The van der Waals surface area contributed by atoms with Gasteiger partial charge in [0.1, 0.15) is 30.8 Å². The molecule has 11 heteroatoms. The number of hydroxylamine groups is 1. The zero-order valence-electron chi connectivity index (χ0n) is 17.8. The number of unbranched alkanes of at least 4 members (excludes halogenated alkanes) is 1. The van der Waals surface area contributed by atoms with Gasteiger partial charge in [-0.2, -0.15) is 0 Å². The number of aliphatic hydroxyl groups excluding tert-OH is 3. The number of nitrogens with one attached hydrogen (secondary N) is 1. The van der Waals surface area contributed by atoms with E-state index in [1.165, 1.54) is 9.63 Å². The van der Waals surface area contributed by atoms with Crippen molar-refractivity contribution in [3.8, 4) is 0 Å². The zero-order valence-corrected chi connectivity index (χ0v) is 17.8. The Labute approximate surface area is 184 Å². The Balaban J connectivity index is 1.71. The SMILES string of the molecule is CCCCN1CN(O[C@H]2O[C@H](CO)[C@@H](O)[C@H]2O)c2c1n(Cc1ccccc1)c(=O)[nH]c2=O. The van der Waals surface area contributed by atoms with Crippen LogP contribution in [0.5, 0.6) is 0 Å². The molecule has 2 aromatic rings. The van der Waals surface area contributed by atoms with Crippen LogP contribution in [0.3, 0.4) is 0 Å². The first-order chi connectivity index (χ1) is 15.4. The molecule has 1 aromatic heterocycles. The second-order valence-corrected chi connectivity index (χ2v) is 7.95. The van der Waals surface area contributed by atoms with Gasteiger partial charge in [0, 0.05) is 6.54 Å². The summed E-state index contributed by atoms with van der Waals surface area (Å²) in [5, 5.41) is 30.8. The molecule has 4 atom stereocenters. The van der Waals surface area contributed by atoms with Gasteiger partial charge in [0.05, 0.1) is 13.2 Å². The van der Waals surface area contributed by atoms with Gasteiger partial charge in [0.2, 0.25) is 6.29 Å². The van der Waals surface area contributed by atoms with E-state index in [0.29, 0.717) is 12.4 Å². The minimum atomic E-state index is -1.41. The Hall–Kier alpha value is -2.70. The van der Waals surface area contributed by atoms with Crippen molar-refractivity contribution in [2.24, 2.45) is 0 Å². The molecule has 11 nitrogen and oxygen atoms in total. The van der Waals surface area contributed by atoms with Gasteiger partial charge in [-0.3, -0.25) is 14.3 Å². The quantitative estimate of drug-likeness (QED) is 0.414. The fourth-order valence-electron chi connectivity index (χ4n) is 3.99. The fraction of sp³-hybridized carbons (Fsp3) is 0.524. The smallest absolute Gasteiger partial charge is 0.330 e. The van der Waals surface area contributed by atoms with Crippen LogP contribution in [0.1, 0.15) is 25.3 Å². The summed E-state index contributed by atoms with van der Waals surface area (Å²) >= 11 is 0. The largest absolute Gasteiger partial charge is 0.394 e. The Kier molecular flexibility index (Phi) is 6.63. The van der Waals surface area contributed by atoms with Gasteiger partial charge in [0.15, 0.2) is 5.69 Å². The number of hydrogen-bond donors (Lipinski definition) is 4. The molecule has 174 valence electrons. The highest BCUT2D eigenvalue weighted by Crippen LogP contribution is 2.34. The molecular formula is C21H28N4O7. The number of benzene rings is 1. The van der Waals surface area contributed by atoms with E-state index in [-0.39, 0.29) is 18.9 Å². The van der Waals surface area contributed by atoms with Gasteiger partial charge in [-0.05, 0) is 12.0 Å². The van der Waals surface area contributed by atoms with E-state index in [9.17, 15) is 24.9 Å². The second-order valence-electron chi connectivity index (χ2n) is 7.95. The maximum absolute atomic E-state index is 12.8. The molecular weight excluding hydrogens is 420 g/mol. The van der Waals surface area contributed by atoms with Crippen LogP contribution < -0.4 is 21.2 Å². The number of fused-ring (bicyclic) bond motifs is 1. The number of hydrogen-bond acceptors (Lipinski definition) is 9. The molecule has 0 aliphatic carbocycles. The minimum Gasteiger partial charge on any atom is -0.394 e. The van der Waals surface area contributed by atoms with Crippen LogP contribution in [0.4, 0.5) is 11.5 Å². The van der Waals surface area contributed by atoms with Crippen LogP contribution >= 0.6 is 0 Å². The lowest BCUT2D eigenvalue weighted by Crippen LogP contribution is -2.41. The molecule has 0 unspecified atom stereocenters. The van der Waals surface area contributed by atoms with E-state index in [0.717, 1.165) is 18.4 Å². The van der Waals surface area contributed by atoms with Gasteiger partial charge in [-0.25, -0.2) is 14.7 Å². The van der Waals surface area contributed by atoms with Crippen molar-refractivity contribution < 1.29 is 24.9 Å². The summed E-state index contributed by atoms with van der Waals surface area (Å²) in [6.07, 6.45) is -3.28. The maximum atomic E-state index is 12.8. The summed E-state index contributed by atoms with van der Waals surface area (Å²) in [7, 11) is 0. The van der Waals surface area contributed by atoms with Crippen molar-refractivity contribution in [3.05, 3.63) is 56.7 Å². The molecule has 0 radical (unpaired) electrons. The van der Waals surface area contributed by atoms with E-state index in [4.69, 9.17) is 9.57 Å². The zero-order chi connectivity index (χ0) is 22.8. The van der Waals surface area contributed by atoms with Crippen LogP contribution in [-0.4, -0.2) is 69.3 Å². The lowest BCUT2D eigenvalue weighted by molar-refractivity contribution is -0.175. The number of ether oxygens (including phenoxy) is 1. The molecule has 1 aromatic carbocycles. The number of anilines is 2. The molecule has 0 spiro atoms. The van der Waals surface area contributed by atoms with Crippen molar-refractivity contribution in [3.63, 3.8) is 0 Å². The van der Waals surface area contributed by atoms with E-state index in [1.807, 2.05) is 42.2 Å². The molecule has 2 aliphatic rings. The van der Waals surface area contributed by atoms with Crippen LogP contribution in [-0.2, 0) is 16.1 Å². The monoisotopic (exact) mass is 448 g/mol. The summed E-state index contributed by atoms with van der Waals surface area (Å²) in [6.45, 7) is 2.51. The molecule has 1 saturated heterocycles. The number of aromatic amines is 1. The molecule has 0 amide bonds. The van der Waals surface area contributed by atoms with Crippen LogP contribution in [0.15, 0.2) is 39.9 Å². The lowest BCUT2D eigenvalue weighted by atomic mass is 10.1. The molecule has 2 aliphatic heterocycles. The first-order valence-corrected chi connectivity index (χ1v) is 10.7. The maximum Gasteiger partial charge on any atom is 0.330 e. The number of nitrogens with zero attached hydrogens (tertiary/aromatic N) is 3. The third-order valence-electron chi connectivity index (χ3n) is 5.69. The van der Waals surface area contributed by atoms with Crippen molar-refractivity contribution in [1.82, 2.24) is 9.55 Å². The molecule has 1 fully saturated rings. The molecule has 0 saturated carbocycles.